The van der Waals surface area contributed by atoms with Crippen LogP contribution in [0.2, 0.25) is 0 Å². The highest BCUT2D eigenvalue weighted by Crippen LogP contribution is 2.19. The quantitative estimate of drug-likeness (QED) is 0.613. The van der Waals surface area contributed by atoms with Crippen molar-refractivity contribution in [3.05, 3.63) is 28.1 Å². The lowest BCUT2D eigenvalue weighted by molar-refractivity contribution is -0.384. The van der Waals surface area contributed by atoms with E-state index >= 15 is 0 Å². The van der Waals surface area contributed by atoms with Crippen LogP contribution in [0.25, 0.3) is 0 Å². The zero-order valence-electron chi connectivity index (χ0n) is 9.78. The molecule has 0 radical (unpaired) electrons. The first kappa shape index (κ1) is 12.5. The van der Waals surface area contributed by atoms with Crippen LogP contribution in [0.1, 0.15) is 17.4 Å². The highest BCUT2D eigenvalue weighted by Gasteiger charge is 2.30. The van der Waals surface area contributed by atoms with Gasteiger partial charge in [0.25, 0.3) is 11.6 Å². The lowest BCUT2D eigenvalue weighted by Gasteiger charge is -2.14. The summed E-state index contributed by atoms with van der Waals surface area (Å²) in [5.41, 5.74) is 0.0400. The Labute approximate surface area is 102 Å². The van der Waals surface area contributed by atoms with Gasteiger partial charge in [0, 0.05) is 12.6 Å². The number of aryl methyl sites for hydroxylation is 1. The van der Waals surface area contributed by atoms with Crippen molar-refractivity contribution in [1.82, 2.24) is 9.63 Å². The maximum atomic E-state index is 12.1. The van der Waals surface area contributed by atoms with Gasteiger partial charge in [-0.05, 0) is 6.92 Å². The van der Waals surface area contributed by atoms with Gasteiger partial charge < -0.3 is 9.67 Å². The fraction of sp³-hybridized carbons (Fsp3) is 0.500. The number of aliphatic hydroxyl groups excluding tert-OH is 1. The molecule has 1 aliphatic heterocycles. The molecule has 2 heterocycles. The Morgan fingerprint density at radius 1 is 1.72 bits per heavy atom. The largest absolute Gasteiger partial charge is 0.389 e. The first-order chi connectivity index (χ1) is 8.52. The summed E-state index contributed by atoms with van der Waals surface area (Å²) in [6.07, 6.45) is 0.591. The van der Waals surface area contributed by atoms with E-state index in [0.29, 0.717) is 6.54 Å². The fourth-order valence-corrected chi connectivity index (χ4v) is 1.78. The van der Waals surface area contributed by atoms with Crippen molar-refractivity contribution in [3.63, 3.8) is 0 Å². The molecule has 1 atom stereocenters. The van der Waals surface area contributed by atoms with Crippen molar-refractivity contribution in [1.29, 1.82) is 0 Å². The maximum Gasteiger partial charge on any atom is 0.294 e. The zero-order valence-corrected chi connectivity index (χ0v) is 9.78. The van der Waals surface area contributed by atoms with Crippen LogP contribution in [0.5, 0.6) is 0 Å². The van der Waals surface area contributed by atoms with Crippen LogP contribution in [0.15, 0.2) is 12.3 Å². The van der Waals surface area contributed by atoms with Crippen molar-refractivity contribution < 1.29 is 19.7 Å². The number of aromatic nitrogens is 1. The van der Waals surface area contributed by atoms with Crippen molar-refractivity contribution in [2.45, 2.75) is 19.6 Å². The number of nitro groups is 1. The highest BCUT2D eigenvalue weighted by atomic mass is 16.7. The molecule has 1 aliphatic rings. The molecular weight excluding hydrogens is 242 g/mol. The topological polar surface area (TPSA) is 97.8 Å². The normalized spacial score (nSPS) is 19.2. The SMILES string of the molecule is CCn1cc([N+](=O)[O-])cc1C(=O)N1C[C@H](O)CO1. The summed E-state index contributed by atoms with van der Waals surface area (Å²) in [6, 6.07) is 1.21. The van der Waals surface area contributed by atoms with Crippen LogP contribution in [0.4, 0.5) is 5.69 Å². The number of amides is 1. The number of carbonyl (C=O) groups excluding carboxylic acids is 1. The second-order valence-electron chi connectivity index (χ2n) is 3.94. The standard InChI is InChI=1S/C10H13N3O5/c1-2-11-4-7(13(16)17)3-9(11)10(15)12-5-8(14)6-18-12/h3-4,8,14H,2,5-6H2,1H3/t8-/m0/s1. The van der Waals surface area contributed by atoms with Gasteiger partial charge in [-0.1, -0.05) is 0 Å². The van der Waals surface area contributed by atoms with E-state index in [1.54, 1.807) is 6.92 Å². The minimum absolute atomic E-state index is 0.0562. The van der Waals surface area contributed by atoms with E-state index in [0.717, 1.165) is 5.06 Å². The summed E-state index contributed by atoms with van der Waals surface area (Å²) in [7, 11) is 0. The van der Waals surface area contributed by atoms with E-state index in [1.165, 1.54) is 16.8 Å². The Morgan fingerprint density at radius 3 is 2.94 bits per heavy atom. The summed E-state index contributed by atoms with van der Waals surface area (Å²) in [6.45, 7) is 2.34. The van der Waals surface area contributed by atoms with Gasteiger partial charge in [-0.15, -0.1) is 0 Å². The molecule has 0 bridgehead atoms. The summed E-state index contributed by atoms with van der Waals surface area (Å²) in [4.78, 5) is 27.2. The molecule has 8 nitrogen and oxygen atoms in total. The van der Waals surface area contributed by atoms with E-state index in [1.807, 2.05) is 0 Å². The highest BCUT2D eigenvalue weighted by molar-refractivity contribution is 5.93. The fourth-order valence-electron chi connectivity index (χ4n) is 1.78. The molecule has 1 saturated heterocycles. The van der Waals surface area contributed by atoms with E-state index in [2.05, 4.69) is 0 Å². The smallest absolute Gasteiger partial charge is 0.294 e. The second-order valence-corrected chi connectivity index (χ2v) is 3.94. The third kappa shape index (κ3) is 2.20. The average molecular weight is 255 g/mol. The summed E-state index contributed by atoms with van der Waals surface area (Å²) in [5.74, 6) is -0.485. The van der Waals surface area contributed by atoms with Crippen LogP contribution in [0, 0.1) is 10.1 Å². The predicted molar refractivity (Wildman–Crippen MR) is 59.8 cm³/mol. The first-order valence-corrected chi connectivity index (χ1v) is 5.50. The van der Waals surface area contributed by atoms with Crippen molar-refractivity contribution >= 4 is 11.6 Å². The molecule has 0 unspecified atom stereocenters. The molecule has 1 amide bonds. The van der Waals surface area contributed by atoms with Gasteiger partial charge >= 0.3 is 0 Å². The molecule has 1 aromatic rings. The molecule has 18 heavy (non-hydrogen) atoms. The van der Waals surface area contributed by atoms with E-state index < -0.39 is 16.9 Å². The van der Waals surface area contributed by atoms with Gasteiger partial charge in [-0.2, -0.15) is 0 Å². The Hall–Kier alpha value is -1.93. The van der Waals surface area contributed by atoms with E-state index in [4.69, 9.17) is 4.84 Å². The number of carbonyl (C=O) groups is 1. The van der Waals surface area contributed by atoms with Crippen molar-refractivity contribution in [2.24, 2.45) is 0 Å². The molecule has 1 fully saturated rings. The van der Waals surface area contributed by atoms with Crippen LogP contribution in [-0.4, -0.2) is 44.8 Å². The number of aliphatic hydroxyl groups is 1. The van der Waals surface area contributed by atoms with Gasteiger partial charge in [-0.3, -0.25) is 19.7 Å². The molecule has 0 aromatic carbocycles. The van der Waals surface area contributed by atoms with Crippen LogP contribution < -0.4 is 0 Å². The third-order valence-electron chi connectivity index (χ3n) is 2.68. The third-order valence-corrected chi connectivity index (χ3v) is 2.68. The minimum Gasteiger partial charge on any atom is -0.389 e. The van der Waals surface area contributed by atoms with E-state index in [9.17, 15) is 20.0 Å². The van der Waals surface area contributed by atoms with Gasteiger partial charge in [0.05, 0.1) is 17.7 Å². The molecule has 98 valence electrons. The van der Waals surface area contributed by atoms with Gasteiger partial charge in [0.1, 0.15) is 18.4 Å². The Morgan fingerprint density at radius 2 is 2.44 bits per heavy atom. The molecule has 2 rings (SSSR count). The summed E-state index contributed by atoms with van der Waals surface area (Å²) in [5, 5.41) is 21.0. The molecular formula is C10H13N3O5. The average Bonchev–Trinajstić information content (AvgIpc) is 2.93. The van der Waals surface area contributed by atoms with Crippen molar-refractivity contribution in [3.8, 4) is 0 Å². The predicted octanol–water partition coefficient (Wildman–Crippen LogP) is 0.164. The second kappa shape index (κ2) is 4.75. The molecule has 1 aromatic heterocycles. The lowest BCUT2D eigenvalue weighted by atomic mass is 10.3. The number of β-amino-alcohol motifs (C(OH)–C–C–N with tert-alkyl or cyclic N) is 1. The van der Waals surface area contributed by atoms with Gasteiger partial charge in [0.15, 0.2) is 0 Å². The molecule has 1 N–H and O–H groups in total. The summed E-state index contributed by atoms with van der Waals surface area (Å²) >= 11 is 0. The zero-order chi connectivity index (χ0) is 13.3. The number of hydrogen-bond acceptors (Lipinski definition) is 5. The first-order valence-electron chi connectivity index (χ1n) is 5.50. The number of hydroxylamine groups is 2. The van der Waals surface area contributed by atoms with Crippen molar-refractivity contribution in [2.75, 3.05) is 13.2 Å². The summed E-state index contributed by atoms with van der Waals surface area (Å²) < 4.78 is 1.48. The number of hydrogen-bond donors (Lipinski definition) is 1. The molecule has 0 aliphatic carbocycles. The van der Waals surface area contributed by atoms with Crippen LogP contribution in [0.3, 0.4) is 0 Å². The number of nitrogens with zero attached hydrogens (tertiary/aromatic N) is 3. The minimum atomic E-state index is -0.714. The van der Waals surface area contributed by atoms with Crippen LogP contribution >= 0.6 is 0 Å². The molecule has 0 spiro atoms. The molecule has 0 saturated carbocycles. The Kier molecular flexibility index (Phi) is 3.30. The monoisotopic (exact) mass is 255 g/mol. The van der Waals surface area contributed by atoms with Gasteiger partial charge in [0.2, 0.25) is 0 Å². The number of rotatable bonds is 3. The van der Waals surface area contributed by atoms with Crippen LogP contribution in [-0.2, 0) is 11.4 Å². The van der Waals surface area contributed by atoms with E-state index in [-0.39, 0.29) is 24.5 Å². The van der Waals surface area contributed by atoms with Gasteiger partial charge in [-0.25, -0.2) is 5.06 Å². The Bertz CT molecular complexity index is 484. The molecule has 8 heteroatoms. The lowest BCUT2D eigenvalue weighted by Crippen LogP contribution is -2.30. The Balaban J connectivity index is 2.26. The maximum absolute atomic E-state index is 12.1.